The lowest BCUT2D eigenvalue weighted by atomic mass is 10.0. The van der Waals surface area contributed by atoms with Crippen LogP contribution in [0.1, 0.15) is 33.0 Å². The minimum atomic E-state index is -0.372. The van der Waals surface area contributed by atoms with Crippen molar-refractivity contribution in [2.45, 2.75) is 39.2 Å². The van der Waals surface area contributed by atoms with Crippen molar-refractivity contribution >= 4 is 17.4 Å². The van der Waals surface area contributed by atoms with Crippen LogP contribution >= 0.6 is 11.6 Å². The van der Waals surface area contributed by atoms with E-state index in [1.165, 1.54) is 0 Å². The number of nitrogens with one attached hydrogen (secondary N) is 1. The van der Waals surface area contributed by atoms with Gasteiger partial charge in [0.05, 0.1) is 12.1 Å². The van der Waals surface area contributed by atoms with Gasteiger partial charge in [0, 0.05) is 12.5 Å². The molecule has 1 rings (SSSR count). The summed E-state index contributed by atoms with van der Waals surface area (Å²) in [5, 5.41) is 12.9. The fourth-order valence-electron chi connectivity index (χ4n) is 1.24. The molecule has 1 atom stereocenters. The van der Waals surface area contributed by atoms with E-state index in [1.807, 2.05) is 20.8 Å². The zero-order valence-corrected chi connectivity index (χ0v) is 10.7. The third-order valence-corrected chi connectivity index (χ3v) is 2.81. The van der Waals surface area contributed by atoms with Crippen LogP contribution in [-0.4, -0.2) is 27.2 Å². The summed E-state index contributed by atoms with van der Waals surface area (Å²) >= 11 is 5.89. The number of aliphatic hydroxyl groups excluding tert-OH is 1. The SMILES string of the molecule is CCc1nc(Cl)cc(NC(C)(CC)CO)n1. The second-order valence-electron chi connectivity index (χ2n) is 4.04. The Kier molecular flexibility index (Phi) is 4.50. The van der Waals surface area contributed by atoms with E-state index in [0.29, 0.717) is 16.8 Å². The molecule has 0 aromatic carbocycles. The molecule has 1 heterocycles. The second-order valence-corrected chi connectivity index (χ2v) is 4.43. The molecule has 4 nitrogen and oxygen atoms in total. The topological polar surface area (TPSA) is 58.0 Å². The van der Waals surface area contributed by atoms with Gasteiger partial charge in [-0.05, 0) is 13.3 Å². The largest absolute Gasteiger partial charge is 0.394 e. The maximum absolute atomic E-state index is 9.30. The van der Waals surface area contributed by atoms with E-state index >= 15 is 0 Å². The standard InChI is InChI=1S/C11H18ClN3O/c1-4-9-13-8(12)6-10(14-9)15-11(3,5-2)7-16/h6,16H,4-5,7H2,1-3H3,(H,13,14,15). The summed E-state index contributed by atoms with van der Waals surface area (Å²) in [5.74, 6) is 1.36. The first-order valence-electron chi connectivity index (χ1n) is 5.45. The number of halogens is 1. The number of hydrogen-bond donors (Lipinski definition) is 2. The van der Waals surface area contributed by atoms with Gasteiger partial charge < -0.3 is 10.4 Å². The molecule has 0 fully saturated rings. The number of nitrogens with zero attached hydrogens (tertiary/aromatic N) is 2. The molecule has 90 valence electrons. The molecular weight excluding hydrogens is 226 g/mol. The normalized spacial score (nSPS) is 14.6. The summed E-state index contributed by atoms with van der Waals surface area (Å²) in [6, 6.07) is 1.67. The van der Waals surface area contributed by atoms with E-state index in [9.17, 15) is 5.11 Å². The molecule has 0 radical (unpaired) electrons. The molecule has 1 aromatic rings. The van der Waals surface area contributed by atoms with Crippen LogP contribution in [-0.2, 0) is 6.42 Å². The third kappa shape index (κ3) is 3.32. The van der Waals surface area contributed by atoms with E-state index in [2.05, 4.69) is 15.3 Å². The van der Waals surface area contributed by atoms with Gasteiger partial charge in [-0.3, -0.25) is 0 Å². The Morgan fingerprint density at radius 1 is 1.44 bits per heavy atom. The monoisotopic (exact) mass is 243 g/mol. The van der Waals surface area contributed by atoms with Crippen LogP contribution in [0.25, 0.3) is 0 Å². The predicted molar refractivity (Wildman–Crippen MR) is 65.8 cm³/mol. The number of aromatic nitrogens is 2. The van der Waals surface area contributed by atoms with E-state index in [4.69, 9.17) is 11.6 Å². The van der Waals surface area contributed by atoms with Crippen molar-refractivity contribution in [1.82, 2.24) is 9.97 Å². The summed E-state index contributed by atoms with van der Waals surface area (Å²) in [5.41, 5.74) is -0.372. The Balaban J connectivity index is 2.92. The number of aliphatic hydroxyl groups is 1. The van der Waals surface area contributed by atoms with Gasteiger partial charge >= 0.3 is 0 Å². The van der Waals surface area contributed by atoms with Gasteiger partial charge in [-0.2, -0.15) is 0 Å². The zero-order chi connectivity index (χ0) is 12.2. The van der Waals surface area contributed by atoms with E-state index in [0.717, 1.165) is 12.8 Å². The number of hydrogen-bond acceptors (Lipinski definition) is 4. The van der Waals surface area contributed by atoms with Crippen molar-refractivity contribution < 1.29 is 5.11 Å². The van der Waals surface area contributed by atoms with Gasteiger partial charge in [0.2, 0.25) is 0 Å². The average molecular weight is 244 g/mol. The van der Waals surface area contributed by atoms with Gasteiger partial charge in [-0.15, -0.1) is 0 Å². The smallest absolute Gasteiger partial charge is 0.134 e. The quantitative estimate of drug-likeness (QED) is 0.779. The highest BCUT2D eigenvalue weighted by Crippen LogP contribution is 2.18. The van der Waals surface area contributed by atoms with Crippen LogP contribution in [0, 0.1) is 0 Å². The van der Waals surface area contributed by atoms with E-state index < -0.39 is 0 Å². The lowest BCUT2D eigenvalue weighted by Crippen LogP contribution is -2.38. The summed E-state index contributed by atoms with van der Waals surface area (Å²) in [6.45, 7) is 5.97. The molecule has 5 heteroatoms. The van der Waals surface area contributed by atoms with Gasteiger partial charge in [-0.1, -0.05) is 25.4 Å². The van der Waals surface area contributed by atoms with Crippen LogP contribution in [0.15, 0.2) is 6.07 Å². The Bertz CT molecular complexity index is 353. The van der Waals surface area contributed by atoms with Crippen LogP contribution in [0.3, 0.4) is 0 Å². The van der Waals surface area contributed by atoms with Crippen molar-refractivity contribution in [3.8, 4) is 0 Å². The molecule has 0 saturated heterocycles. The Hall–Kier alpha value is -0.870. The molecule has 0 spiro atoms. The van der Waals surface area contributed by atoms with Crippen LogP contribution in [0.4, 0.5) is 5.82 Å². The van der Waals surface area contributed by atoms with E-state index in [-0.39, 0.29) is 12.1 Å². The van der Waals surface area contributed by atoms with E-state index in [1.54, 1.807) is 6.07 Å². The minimum Gasteiger partial charge on any atom is -0.394 e. The zero-order valence-electron chi connectivity index (χ0n) is 9.92. The maximum atomic E-state index is 9.30. The highest BCUT2D eigenvalue weighted by atomic mass is 35.5. The lowest BCUT2D eigenvalue weighted by molar-refractivity contribution is 0.218. The summed E-state index contributed by atoms with van der Waals surface area (Å²) in [6.07, 6.45) is 1.53. The summed E-state index contributed by atoms with van der Waals surface area (Å²) in [4.78, 5) is 8.40. The molecule has 0 saturated carbocycles. The molecule has 0 aliphatic heterocycles. The summed E-state index contributed by atoms with van der Waals surface area (Å²) < 4.78 is 0. The van der Waals surface area contributed by atoms with Crippen molar-refractivity contribution in [1.29, 1.82) is 0 Å². The Labute approximate surface area is 101 Å². The predicted octanol–water partition coefficient (Wildman–Crippen LogP) is 2.27. The molecule has 1 unspecified atom stereocenters. The van der Waals surface area contributed by atoms with Crippen molar-refractivity contribution in [2.24, 2.45) is 0 Å². The van der Waals surface area contributed by atoms with Crippen molar-refractivity contribution in [3.05, 3.63) is 17.0 Å². The highest BCUT2D eigenvalue weighted by Gasteiger charge is 2.21. The molecule has 0 aliphatic rings. The molecular formula is C11H18ClN3O. The maximum Gasteiger partial charge on any atom is 0.134 e. The van der Waals surface area contributed by atoms with Gasteiger partial charge in [0.1, 0.15) is 16.8 Å². The lowest BCUT2D eigenvalue weighted by Gasteiger charge is -2.27. The van der Waals surface area contributed by atoms with Crippen molar-refractivity contribution in [2.75, 3.05) is 11.9 Å². The molecule has 16 heavy (non-hydrogen) atoms. The second kappa shape index (κ2) is 5.46. The van der Waals surface area contributed by atoms with Crippen LogP contribution < -0.4 is 5.32 Å². The number of aryl methyl sites for hydroxylation is 1. The average Bonchev–Trinajstić information content (AvgIpc) is 2.28. The molecule has 0 bridgehead atoms. The number of anilines is 1. The first-order valence-corrected chi connectivity index (χ1v) is 5.83. The first kappa shape index (κ1) is 13.2. The first-order chi connectivity index (χ1) is 7.53. The van der Waals surface area contributed by atoms with Gasteiger partial charge in [0.25, 0.3) is 0 Å². The van der Waals surface area contributed by atoms with Gasteiger partial charge in [0.15, 0.2) is 0 Å². The Morgan fingerprint density at radius 3 is 2.62 bits per heavy atom. The van der Waals surface area contributed by atoms with Crippen LogP contribution in [0.5, 0.6) is 0 Å². The third-order valence-electron chi connectivity index (χ3n) is 2.62. The van der Waals surface area contributed by atoms with Gasteiger partial charge in [-0.25, -0.2) is 9.97 Å². The number of rotatable bonds is 5. The highest BCUT2D eigenvalue weighted by molar-refractivity contribution is 6.29. The fraction of sp³-hybridized carbons (Fsp3) is 0.636. The minimum absolute atomic E-state index is 0.0482. The van der Waals surface area contributed by atoms with Crippen molar-refractivity contribution in [3.63, 3.8) is 0 Å². The molecule has 0 amide bonds. The Morgan fingerprint density at radius 2 is 2.12 bits per heavy atom. The molecule has 0 aliphatic carbocycles. The molecule has 1 aromatic heterocycles. The summed E-state index contributed by atoms with van der Waals surface area (Å²) in [7, 11) is 0. The molecule has 2 N–H and O–H groups in total. The van der Waals surface area contributed by atoms with Crippen LogP contribution in [0.2, 0.25) is 5.15 Å². The fourth-order valence-corrected chi connectivity index (χ4v) is 1.44.